The van der Waals surface area contributed by atoms with Crippen LogP contribution in [0.3, 0.4) is 0 Å². The van der Waals surface area contributed by atoms with E-state index in [-0.39, 0.29) is 47.2 Å². The zero-order valence-electron chi connectivity index (χ0n) is 31.6. The molecule has 6 aromatic carbocycles. The van der Waals surface area contributed by atoms with Crippen molar-refractivity contribution in [2.24, 2.45) is 5.92 Å². The summed E-state index contributed by atoms with van der Waals surface area (Å²) >= 11 is 12.4. The summed E-state index contributed by atoms with van der Waals surface area (Å²) in [5.41, 5.74) is 5.78. The number of rotatable bonds is 16. The van der Waals surface area contributed by atoms with Crippen molar-refractivity contribution in [3.63, 3.8) is 0 Å². The first kappa shape index (κ1) is 41.4. The smallest absolute Gasteiger partial charge is 0.247 e. The number of benzene rings is 6. The van der Waals surface area contributed by atoms with E-state index < -0.39 is 20.7 Å². The standard InChI is InChI=1S/C46H43Cl2FN2O5S/c1-32(2)27-50(45(52)24-33-13-21-42(22-14-33)56-31-35-7-4-3-5-8-35)28-36-9-6-10-37(23-36)30-51(57(54,55)44-26-40(47)25-43(48)46(44)53)29-34-11-15-38(16-12-34)39-17-19-41(49)20-18-39/h3-23,25-26,32,53H,24,27-31H2,1-2H3. The van der Waals surface area contributed by atoms with E-state index in [9.17, 15) is 22.7 Å². The average Bonchev–Trinajstić information content (AvgIpc) is 3.19. The lowest BCUT2D eigenvalue weighted by molar-refractivity contribution is -0.131. The Balaban J connectivity index is 1.20. The molecule has 0 unspecified atom stereocenters. The summed E-state index contributed by atoms with van der Waals surface area (Å²) in [6.45, 7) is 5.32. The summed E-state index contributed by atoms with van der Waals surface area (Å²) in [6.07, 6.45) is 0.211. The maximum atomic E-state index is 14.3. The van der Waals surface area contributed by atoms with Crippen molar-refractivity contribution in [1.82, 2.24) is 9.21 Å². The van der Waals surface area contributed by atoms with Crippen molar-refractivity contribution in [3.05, 3.63) is 183 Å². The highest BCUT2D eigenvalue weighted by molar-refractivity contribution is 7.89. The minimum atomic E-state index is -4.36. The Morgan fingerprint density at radius 3 is 1.93 bits per heavy atom. The fourth-order valence-electron chi connectivity index (χ4n) is 6.43. The molecule has 0 radical (unpaired) electrons. The van der Waals surface area contributed by atoms with Crippen molar-refractivity contribution >= 4 is 39.1 Å². The Morgan fingerprint density at radius 2 is 1.28 bits per heavy atom. The van der Waals surface area contributed by atoms with Gasteiger partial charge < -0.3 is 14.7 Å². The Kier molecular flexibility index (Phi) is 13.7. The second kappa shape index (κ2) is 18.8. The number of hydrogen-bond acceptors (Lipinski definition) is 5. The van der Waals surface area contributed by atoms with Gasteiger partial charge in [-0.2, -0.15) is 4.31 Å². The first-order chi connectivity index (χ1) is 27.3. The molecular weight excluding hydrogens is 782 g/mol. The van der Waals surface area contributed by atoms with Gasteiger partial charge in [-0.15, -0.1) is 0 Å². The Bertz CT molecular complexity index is 2390. The number of sulfonamides is 1. The highest BCUT2D eigenvalue weighted by atomic mass is 35.5. The highest BCUT2D eigenvalue weighted by Gasteiger charge is 2.30. The lowest BCUT2D eigenvalue weighted by Gasteiger charge is -2.26. The molecule has 0 spiro atoms. The van der Waals surface area contributed by atoms with Gasteiger partial charge in [-0.3, -0.25) is 4.79 Å². The lowest BCUT2D eigenvalue weighted by Crippen LogP contribution is -2.35. The van der Waals surface area contributed by atoms with Gasteiger partial charge in [0.15, 0.2) is 5.75 Å². The number of halogens is 3. The number of phenolic OH excluding ortho intramolecular Hbond substituents is 1. The molecule has 0 aromatic heterocycles. The second-order valence-corrected chi connectivity index (χ2v) is 17.0. The van der Waals surface area contributed by atoms with Gasteiger partial charge in [0.05, 0.1) is 11.4 Å². The zero-order chi connectivity index (χ0) is 40.5. The van der Waals surface area contributed by atoms with E-state index in [1.54, 1.807) is 12.1 Å². The van der Waals surface area contributed by atoms with Crippen LogP contribution in [0.5, 0.6) is 11.5 Å². The molecule has 0 fully saturated rings. The number of aromatic hydroxyl groups is 1. The predicted octanol–water partition coefficient (Wildman–Crippen LogP) is 10.7. The fourth-order valence-corrected chi connectivity index (χ4v) is 8.59. The zero-order valence-corrected chi connectivity index (χ0v) is 33.9. The normalized spacial score (nSPS) is 11.6. The molecular formula is C46H43Cl2FN2O5S. The van der Waals surface area contributed by atoms with E-state index in [1.807, 2.05) is 108 Å². The highest BCUT2D eigenvalue weighted by Crippen LogP contribution is 2.37. The second-order valence-electron chi connectivity index (χ2n) is 14.3. The summed E-state index contributed by atoms with van der Waals surface area (Å²) < 4.78 is 49.3. The molecule has 0 heterocycles. The lowest BCUT2D eigenvalue weighted by atomic mass is 10.0. The summed E-state index contributed by atoms with van der Waals surface area (Å²) in [5, 5.41) is 10.7. The summed E-state index contributed by atoms with van der Waals surface area (Å²) in [4.78, 5) is 15.2. The number of carbonyl (C=O) groups is 1. The molecule has 0 aliphatic heterocycles. The third-order valence-corrected chi connectivity index (χ3v) is 11.6. The van der Waals surface area contributed by atoms with Crippen LogP contribution in [0.15, 0.2) is 144 Å². The molecule has 0 saturated heterocycles. The number of carbonyl (C=O) groups excluding carboxylic acids is 1. The average molecular weight is 826 g/mol. The molecule has 1 N–H and O–H groups in total. The molecule has 0 bridgehead atoms. The van der Waals surface area contributed by atoms with Crippen molar-refractivity contribution in [2.45, 2.75) is 51.4 Å². The SMILES string of the molecule is CC(C)CN(Cc1cccc(CN(Cc2ccc(-c3ccc(F)cc3)cc2)S(=O)(=O)c2cc(Cl)cc(Cl)c2O)c1)C(=O)Cc1ccc(OCc2ccccc2)cc1. The van der Waals surface area contributed by atoms with E-state index in [2.05, 4.69) is 13.8 Å². The van der Waals surface area contributed by atoms with Gasteiger partial charge in [0.2, 0.25) is 15.9 Å². The van der Waals surface area contributed by atoms with Crippen LogP contribution in [-0.2, 0) is 47.5 Å². The first-order valence-corrected chi connectivity index (χ1v) is 20.7. The van der Waals surface area contributed by atoms with E-state index in [1.165, 1.54) is 28.6 Å². The van der Waals surface area contributed by atoms with Gasteiger partial charge >= 0.3 is 0 Å². The molecule has 6 rings (SSSR count). The summed E-state index contributed by atoms with van der Waals surface area (Å²) in [6, 6.07) is 40.8. The maximum Gasteiger partial charge on any atom is 0.247 e. The van der Waals surface area contributed by atoms with Crippen LogP contribution < -0.4 is 4.74 Å². The van der Waals surface area contributed by atoms with Crippen LogP contribution in [-0.4, -0.2) is 35.2 Å². The van der Waals surface area contributed by atoms with Crippen LogP contribution in [0.2, 0.25) is 10.0 Å². The van der Waals surface area contributed by atoms with Gasteiger partial charge in [0, 0.05) is 31.2 Å². The molecule has 294 valence electrons. The number of amides is 1. The monoisotopic (exact) mass is 824 g/mol. The van der Waals surface area contributed by atoms with E-state index >= 15 is 0 Å². The van der Waals surface area contributed by atoms with Crippen LogP contribution in [0.25, 0.3) is 11.1 Å². The third-order valence-electron chi connectivity index (χ3n) is 9.29. The largest absolute Gasteiger partial charge is 0.505 e. The fraction of sp³-hybridized carbons (Fsp3) is 0.196. The van der Waals surface area contributed by atoms with Crippen LogP contribution in [0.1, 0.15) is 41.7 Å². The quantitative estimate of drug-likeness (QED) is 0.105. The molecule has 6 aromatic rings. The van der Waals surface area contributed by atoms with Gasteiger partial charge in [-0.1, -0.05) is 140 Å². The molecule has 57 heavy (non-hydrogen) atoms. The summed E-state index contributed by atoms with van der Waals surface area (Å²) in [5.74, 6) is -0.0379. The number of nitrogens with zero attached hydrogens (tertiary/aromatic N) is 2. The van der Waals surface area contributed by atoms with Crippen LogP contribution in [0.4, 0.5) is 4.39 Å². The van der Waals surface area contributed by atoms with Gasteiger partial charge in [-0.05, 0) is 81.3 Å². The van der Waals surface area contributed by atoms with Crippen molar-refractivity contribution < 1.29 is 27.4 Å². The minimum absolute atomic E-state index is 0.0337. The first-order valence-electron chi connectivity index (χ1n) is 18.5. The molecule has 1 amide bonds. The number of ether oxygens (including phenoxy) is 1. The topological polar surface area (TPSA) is 87.2 Å². The molecule has 0 aliphatic rings. The molecule has 0 aliphatic carbocycles. The number of phenols is 1. The molecule has 0 atom stereocenters. The molecule has 7 nitrogen and oxygen atoms in total. The molecule has 11 heteroatoms. The summed E-state index contributed by atoms with van der Waals surface area (Å²) in [7, 11) is -4.36. The van der Waals surface area contributed by atoms with Gasteiger partial charge in [0.1, 0.15) is 23.1 Å². The van der Waals surface area contributed by atoms with E-state index in [0.29, 0.717) is 30.8 Å². The van der Waals surface area contributed by atoms with Crippen LogP contribution >= 0.6 is 23.2 Å². The van der Waals surface area contributed by atoms with Crippen LogP contribution in [0, 0.1) is 11.7 Å². The van der Waals surface area contributed by atoms with Crippen molar-refractivity contribution in [2.75, 3.05) is 6.54 Å². The Labute approximate surface area is 343 Å². The maximum absolute atomic E-state index is 14.3. The van der Waals surface area contributed by atoms with Gasteiger partial charge in [-0.25, -0.2) is 12.8 Å². The molecule has 0 saturated carbocycles. The Morgan fingerprint density at radius 1 is 0.702 bits per heavy atom. The number of hydrogen-bond donors (Lipinski definition) is 1. The third kappa shape index (κ3) is 11.2. The van der Waals surface area contributed by atoms with Gasteiger partial charge in [0.25, 0.3) is 0 Å². The Hall–Kier alpha value is -5.19. The van der Waals surface area contributed by atoms with Crippen molar-refractivity contribution in [3.8, 4) is 22.6 Å². The van der Waals surface area contributed by atoms with Crippen molar-refractivity contribution in [1.29, 1.82) is 0 Å². The minimum Gasteiger partial charge on any atom is -0.505 e. The van der Waals surface area contributed by atoms with E-state index in [4.69, 9.17) is 27.9 Å². The van der Waals surface area contributed by atoms with E-state index in [0.717, 1.165) is 33.6 Å². The predicted molar refractivity (Wildman–Crippen MR) is 224 cm³/mol.